The summed E-state index contributed by atoms with van der Waals surface area (Å²) in [5.41, 5.74) is 0.267. The van der Waals surface area contributed by atoms with E-state index in [9.17, 15) is 13.2 Å². The summed E-state index contributed by atoms with van der Waals surface area (Å²) in [5, 5.41) is 2.82. The topological polar surface area (TPSA) is 91.6 Å². The van der Waals surface area contributed by atoms with E-state index in [0.29, 0.717) is 6.54 Å². The monoisotopic (exact) mass is 377 g/mol. The van der Waals surface area contributed by atoms with Crippen molar-refractivity contribution >= 4 is 15.9 Å². The molecule has 140 valence electrons. The molecule has 1 amide bonds. The van der Waals surface area contributed by atoms with Gasteiger partial charge >= 0.3 is 0 Å². The Kier molecular flexibility index (Phi) is 6.73. The second kappa shape index (κ2) is 8.79. The van der Waals surface area contributed by atoms with Crippen LogP contribution in [0.1, 0.15) is 22.2 Å². The predicted octanol–water partition coefficient (Wildman–Crippen LogP) is 1.78. The Bertz CT molecular complexity index is 845. The molecule has 2 N–H and O–H groups in total. The third-order valence-corrected chi connectivity index (χ3v) is 5.20. The summed E-state index contributed by atoms with van der Waals surface area (Å²) in [7, 11) is 0.0903. The fraction of sp³-hybridized carbons (Fsp3) is 0.278. The van der Waals surface area contributed by atoms with Gasteiger partial charge in [-0.2, -0.15) is 0 Å². The number of rotatable bonds is 9. The zero-order valence-corrected chi connectivity index (χ0v) is 15.6. The Morgan fingerprint density at radius 1 is 1.31 bits per heavy atom. The number of furan rings is 1. The molecule has 26 heavy (non-hydrogen) atoms. The third-order valence-electron chi connectivity index (χ3n) is 3.78. The van der Waals surface area contributed by atoms with Crippen LogP contribution >= 0.6 is 0 Å². The lowest BCUT2D eigenvalue weighted by molar-refractivity contribution is 0.0939. The van der Waals surface area contributed by atoms with Gasteiger partial charge in [-0.3, -0.25) is 9.69 Å². The van der Waals surface area contributed by atoms with E-state index in [1.54, 1.807) is 18.4 Å². The molecule has 0 aliphatic carbocycles. The first-order chi connectivity index (χ1) is 12.3. The molecule has 0 bridgehead atoms. The van der Waals surface area contributed by atoms with E-state index in [2.05, 4.69) is 16.6 Å². The van der Waals surface area contributed by atoms with Crippen molar-refractivity contribution in [2.24, 2.45) is 0 Å². The van der Waals surface area contributed by atoms with Crippen LogP contribution in [0.4, 0.5) is 0 Å². The summed E-state index contributed by atoms with van der Waals surface area (Å²) in [6, 6.07) is 9.39. The Labute approximate surface area is 153 Å². The van der Waals surface area contributed by atoms with Gasteiger partial charge in [0.05, 0.1) is 17.2 Å². The van der Waals surface area contributed by atoms with E-state index >= 15 is 0 Å². The summed E-state index contributed by atoms with van der Waals surface area (Å²) in [6.45, 7) is 3.92. The maximum Gasteiger partial charge on any atom is 0.251 e. The number of hydrogen-bond acceptors (Lipinski definition) is 5. The first-order valence-corrected chi connectivity index (χ1v) is 9.52. The number of likely N-dealkylation sites (N-methyl/N-ethyl adjacent to an activating group) is 1. The predicted molar refractivity (Wildman–Crippen MR) is 99.3 cm³/mol. The Balaban J connectivity index is 2.10. The quantitative estimate of drug-likeness (QED) is 0.650. The largest absolute Gasteiger partial charge is 0.468 e. The molecule has 2 rings (SSSR count). The fourth-order valence-corrected chi connectivity index (χ4v) is 3.41. The van der Waals surface area contributed by atoms with Gasteiger partial charge in [0.1, 0.15) is 5.76 Å². The minimum atomic E-state index is -3.68. The molecule has 0 fully saturated rings. The van der Waals surface area contributed by atoms with Gasteiger partial charge in [-0.25, -0.2) is 13.1 Å². The van der Waals surface area contributed by atoms with Crippen LogP contribution in [-0.4, -0.2) is 46.4 Å². The number of carbonyl (C=O) groups is 1. The number of carbonyl (C=O) groups excluding carboxylic acids is 1. The summed E-state index contributed by atoms with van der Waals surface area (Å²) < 4.78 is 32.1. The smallest absolute Gasteiger partial charge is 0.251 e. The maximum atomic E-state index is 12.4. The third kappa shape index (κ3) is 5.04. The molecule has 1 aromatic heterocycles. The van der Waals surface area contributed by atoms with Gasteiger partial charge in [-0.1, -0.05) is 12.1 Å². The number of benzene rings is 1. The van der Waals surface area contributed by atoms with Crippen LogP contribution in [0, 0.1) is 0 Å². The zero-order chi connectivity index (χ0) is 19.2. The molecular formula is C18H23N3O4S. The van der Waals surface area contributed by atoms with Gasteiger partial charge in [0, 0.05) is 18.7 Å². The van der Waals surface area contributed by atoms with Crippen LogP contribution in [-0.2, 0) is 10.0 Å². The summed E-state index contributed by atoms with van der Waals surface area (Å²) in [4.78, 5) is 14.4. The number of nitrogens with zero attached hydrogens (tertiary/aromatic N) is 1. The van der Waals surface area contributed by atoms with Crippen molar-refractivity contribution in [3.05, 3.63) is 66.6 Å². The van der Waals surface area contributed by atoms with Crippen molar-refractivity contribution in [1.82, 2.24) is 14.9 Å². The van der Waals surface area contributed by atoms with Crippen LogP contribution in [0.3, 0.4) is 0 Å². The zero-order valence-electron chi connectivity index (χ0n) is 14.8. The normalized spacial score (nSPS) is 12.7. The molecule has 0 aliphatic rings. The van der Waals surface area contributed by atoms with Crippen LogP contribution in [0.25, 0.3) is 0 Å². The van der Waals surface area contributed by atoms with Crippen LogP contribution in [0.15, 0.2) is 64.6 Å². The molecule has 1 aromatic carbocycles. The first-order valence-electron chi connectivity index (χ1n) is 8.04. The minimum absolute atomic E-state index is 0.0298. The Morgan fingerprint density at radius 2 is 2.08 bits per heavy atom. The molecule has 0 saturated heterocycles. The van der Waals surface area contributed by atoms with Crippen LogP contribution < -0.4 is 10.0 Å². The standard InChI is InChI=1S/C18H23N3O4S/c1-4-10-20-26(23,24)15-8-5-7-14(12-15)18(22)19-13-16(21(2)3)17-9-6-11-25-17/h4-9,11-12,16,20H,1,10,13H2,2-3H3,(H,19,22). The molecule has 0 spiro atoms. The molecule has 0 saturated carbocycles. The molecular weight excluding hydrogens is 354 g/mol. The average Bonchev–Trinajstić information content (AvgIpc) is 3.14. The summed E-state index contributed by atoms with van der Waals surface area (Å²) in [6.07, 6.45) is 3.03. The molecule has 1 heterocycles. The molecule has 0 radical (unpaired) electrons. The molecule has 7 nitrogen and oxygen atoms in total. The van der Waals surface area contributed by atoms with Crippen molar-refractivity contribution in [2.75, 3.05) is 27.2 Å². The minimum Gasteiger partial charge on any atom is -0.468 e. The van der Waals surface area contributed by atoms with Gasteiger partial charge in [0.2, 0.25) is 10.0 Å². The van der Waals surface area contributed by atoms with E-state index in [4.69, 9.17) is 4.42 Å². The first kappa shape index (κ1) is 19.9. The number of amides is 1. The van der Waals surface area contributed by atoms with Gasteiger partial charge in [-0.15, -0.1) is 6.58 Å². The molecule has 1 unspecified atom stereocenters. The lowest BCUT2D eigenvalue weighted by Gasteiger charge is -2.22. The molecule has 2 aromatic rings. The van der Waals surface area contributed by atoms with E-state index in [0.717, 1.165) is 5.76 Å². The van der Waals surface area contributed by atoms with Crippen molar-refractivity contribution in [3.63, 3.8) is 0 Å². The van der Waals surface area contributed by atoms with E-state index in [1.807, 2.05) is 25.1 Å². The van der Waals surface area contributed by atoms with E-state index in [-0.39, 0.29) is 29.0 Å². The highest BCUT2D eigenvalue weighted by Gasteiger charge is 2.19. The number of hydrogen-bond donors (Lipinski definition) is 2. The number of sulfonamides is 1. The highest BCUT2D eigenvalue weighted by molar-refractivity contribution is 7.89. The van der Waals surface area contributed by atoms with Gasteiger partial charge in [0.15, 0.2) is 0 Å². The van der Waals surface area contributed by atoms with Crippen LogP contribution in [0.5, 0.6) is 0 Å². The SMILES string of the molecule is C=CCNS(=O)(=O)c1cccc(C(=O)NCC(c2ccco2)N(C)C)c1. The maximum absolute atomic E-state index is 12.4. The Morgan fingerprint density at radius 3 is 2.69 bits per heavy atom. The highest BCUT2D eigenvalue weighted by Crippen LogP contribution is 2.18. The average molecular weight is 377 g/mol. The van der Waals surface area contributed by atoms with Crippen molar-refractivity contribution in [1.29, 1.82) is 0 Å². The lowest BCUT2D eigenvalue weighted by atomic mass is 10.2. The lowest BCUT2D eigenvalue weighted by Crippen LogP contribution is -2.34. The van der Waals surface area contributed by atoms with Gasteiger partial charge in [0.25, 0.3) is 5.91 Å². The Hall–Kier alpha value is -2.42. The van der Waals surface area contributed by atoms with Crippen LogP contribution in [0.2, 0.25) is 0 Å². The van der Waals surface area contributed by atoms with E-state index in [1.165, 1.54) is 24.3 Å². The molecule has 8 heteroatoms. The van der Waals surface area contributed by atoms with Gasteiger partial charge < -0.3 is 9.73 Å². The van der Waals surface area contributed by atoms with Gasteiger partial charge in [-0.05, 0) is 44.4 Å². The fourth-order valence-electron chi connectivity index (χ4n) is 2.37. The number of nitrogens with one attached hydrogen (secondary N) is 2. The van der Waals surface area contributed by atoms with Crippen molar-refractivity contribution in [3.8, 4) is 0 Å². The molecule has 0 aliphatic heterocycles. The van der Waals surface area contributed by atoms with Crippen molar-refractivity contribution in [2.45, 2.75) is 10.9 Å². The van der Waals surface area contributed by atoms with E-state index < -0.39 is 10.0 Å². The highest BCUT2D eigenvalue weighted by atomic mass is 32.2. The second-order valence-corrected chi connectivity index (χ2v) is 7.64. The molecule has 1 atom stereocenters. The second-order valence-electron chi connectivity index (χ2n) is 5.87. The summed E-state index contributed by atoms with van der Waals surface area (Å²) in [5.74, 6) is 0.379. The summed E-state index contributed by atoms with van der Waals surface area (Å²) >= 11 is 0. The van der Waals surface area contributed by atoms with Crippen molar-refractivity contribution < 1.29 is 17.6 Å².